The Morgan fingerprint density at radius 3 is 2.65 bits per heavy atom. The minimum atomic E-state index is -0.0451. The van der Waals surface area contributed by atoms with Crippen molar-refractivity contribution in [1.82, 2.24) is 14.9 Å². The fraction of sp³-hybridized carbons (Fsp3) is 0.214. The van der Waals surface area contributed by atoms with Crippen LogP contribution >= 0.6 is 11.8 Å². The first kappa shape index (κ1) is 14.3. The molecule has 5 nitrogen and oxygen atoms in total. The first-order valence-corrected chi connectivity index (χ1v) is 7.13. The van der Waals surface area contributed by atoms with E-state index >= 15 is 0 Å². The molecule has 0 saturated heterocycles. The van der Waals surface area contributed by atoms with Crippen molar-refractivity contribution >= 4 is 17.5 Å². The topological polar surface area (TPSA) is 73.8 Å². The molecule has 1 aromatic heterocycles. The number of carbonyl (C=O) groups excluding carboxylic acids is 1. The van der Waals surface area contributed by atoms with Gasteiger partial charge in [0, 0.05) is 12.0 Å². The molecule has 2 rings (SSSR count). The Morgan fingerprint density at radius 1 is 1.35 bits per heavy atom. The van der Waals surface area contributed by atoms with E-state index in [0.717, 1.165) is 12.0 Å². The van der Waals surface area contributed by atoms with Gasteiger partial charge in [-0.15, -0.1) is 10.2 Å². The van der Waals surface area contributed by atoms with E-state index in [1.54, 1.807) is 5.41 Å². The maximum atomic E-state index is 11.9. The van der Waals surface area contributed by atoms with E-state index in [2.05, 4.69) is 10.2 Å². The first-order chi connectivity index (χ1) is 9.61. The van der Waals surface area contributed by atoms with Crippen molar-refractivity contribution in [2.45, 2.75) is 25.4 Å². The third-order valence-electron chi connectivity index (χ3n) is 2.78. The lowest BCUT2D eigenvalue weighted by Crippen LogP contribution is -2.13. The lowest BCUT2D eigenvalue weighted by molar-refractivity contribution is 0.104. The van der Waals surface area contributed by atoms with Gasteiger partial charge in [0.25, 0.3) is 0 Å². The highest BCUT2D eigenvalue weighted by Gasteiger charge is 2.07. The van der Waals surface area contributed by atoms with Gasteiger partial charge in [-0.05, 0) is 18.4 Å². The molecule has 0 aliphatic carbocycles. The van der Waals surface area contributed by atoms with Crippen molar-refractivity contribution in [2.75, 3.05) is 5.84 Å². The zero-order valence-corrected chi connectivity index (χ0v) is 12.2. The molecule has 0 unspecified atom stereocenters. The van der Waals surface area contributed by atoms with Gasteiger partial charge in [0.2, 0.25) is 5.16 Å². The second-order valence-corrected chi connectivity index (χ2v) is 5.15. The van der Waals surface area contributed by atoms with E-state index < -0.39 is 0 Å². The predicted octanol–water partition coefficient (Wildman–Crippen LogP) is 2.35. The molecule has 0 atom stereocenters. The number of rotatable bonds is 5. The Kier molecular flexibility index (Phi) is 4.57. The standard InChI is InChI=1S/C14H16N4OS/c1-3-13-16-17-14(18(13)15)20-9-8-12(19)11-6-4-10(2)5-7-11/h4-9H,3,15H2,1-2H3/b9-8+. The molecule has 0 saturated carbocycles. The number of thioether (sulfide) groups is 1. The molecular weight excluding hydrogens is 272 g/mol. The van der Waals surface area contributed by atoms with Crippen LogP contribution in [-0.4, -0.2) is 20.7 Å². The second kappa shape index (κ2) is 6.38. The third-order valence-corrected chi connectivity index (χ3v) is 3.54. The zero-order valence-electron chi connectivity index (χ0n) is 11.4. The van der Waals surface area contributed by atoms with Crippen LogP contribution in [0.2, 0.25) is 0 Å². The monoisotopic (exact) mass is 288 g/mol. The van der Waals surface area contributed by atoms with Gasteiger partial charge in [-0.2, -0.15) is 0 Å². The van der Waals surface area contributed by atoms with Crippen molar-refractivity contribution in [2.24, 2.45) is 0 Å². The van der Waals surface area contributed by atoms with E-state index in [4.69, 9.17) is 5.84 Å². The Bertz CT molecular complexity index is 631. The number of nitrogens with zero attached hydrogens (tertiary/aromatic N) is 3. The largest absolute Gasteiger partial charge is 0.336 e. The number of hydrogen-bond donors (Lipinski definition) is 1. The molecule has 6 heteroatoms. The van der Waals surface area contributed by atoms with Crippen LogP contribution in [0.4, 0.5) is 0 Å². The average Bonchev–Trinajstić information content (AvgIpc) is 2.80. The van der Waals surface area contributed by atoms with Gasteiger partial charge < -0.3 is 5.84 Å². The van der Waals surface area contributed by atoms with Crippen LogP contribution in [0.15, 0.2) is 40.9 Å². The summed E-state index contributed by atoms with van der Waals surface area (Å²) in [6.07, 6.45) is 2.23. The van der Waals surface area contributed by atoms with Gasteiger partial charge in [0.1, 0.15) is 0 Å². The molecule has 0 radical (unpaired) electrons. The van der Waals surface area contributed by atoms with Crippen LogP contribution in [0.5, 0.6) is 0 Å². The molecule has 1 aromatic carbocycles. The van der Waals surface area contributed by atoms with Gasteiger partial charge in [-0.1, -0.05) is 48.5 Å². The summed E-state index contributed by atoms with van der Waals surface area (Å²) in [4.78, 5) is 11.9. The van der Waals surface area contributed by atoms with Crippen molar-refractivity contribution in [1.29, 1.82) is 0 Å². The molecule has 1 heterocycles. The molecule has 0 fully saturated rings. The molecule has 2 N–H and O–H groups in total. The predicted molar refractivity (Wildman–Crippen MR) is 80.1 cm³/mol. The van der Waals surface area contributed by atoms with Gasteiger partial charge in [0.05, 0.1) is 0 Å². The van der Waals surface area contributed by atoms with Crippen molar-refractivity contribution in [3.8, 4) is 0 Å². The van der Waals surface area contributed by atoms with E-state index in [9.17, 15) is 4.79 Å². The number of benzene rings is 1. The average molecular weight is 288 g/mol. The smallest absolute Gasteiger partial charge is 0.214 e. The van der Waals surface area contributed by atoms with Crippen LogP contribution in [0.3, 0.4) is 0 Å². The van der Waals surface area contributed by atoms with Crippen molar-refractivity contribution in [3.63, 3.8) is 0 Å². The number of aromatic nitrogens is 3. The highest BCUT2D eigenvalue weighted by molar-refractivity contribution is 8.02. The van der Waals surface area contributed by atoms with Crippen LogP contribution in [0.1, 0.15) is 28.7 Å². The summed E-state index contributed by atoms with van der Waals surface area (Å²) in [6.45, 7) is 3.94. The van der Waals surface area contributed by atoms with Gasteiger partial charge >= 0.3 is 0 Å². The SMILES string of the molecule is CCc1nnc(S/C=C/C(=O)c2ccc(C)cc2)n1N. The first-order valence-electron chi connectivity index (χ1n) is 6.25. The Balaban J connectivity index is 2.01. The molecule has 0 amide bonds. The number of hydrogen-bond acceptors (Lipinski definition) is 5. The summed E-state index contributed by atoms with van der Waals surface area (Å²) in [5.74, 6) is 6.48. The van der Waals surface area contributed by atoms with Crippen LogP contribution in [0.25, 0.3) is 0 Å². The summed E-state index contributed by atoms with van der Waals surface area (Å²) in [7, 11) is 0. The molecule has 104 valence electrons. The van der Waals surface area contributed by atoms with Crippen LogP contribution in [0, 0.1) is 6.92 Å². The minimum absolute atomic E-state index is 0.0451. The van der Waals surface area contributed by atoms with E-state index in [0.29, 0.717) is 16.5 Å². The lowest BCUT2D eigenvalue weighted by atomic mass is 10.1. The number of aryl methyl sites for hydroxylation is 2. The highest BCUT2D eigenvalue weighted by atomic mass is 32.2. The minimum Gasteiger partial charge on any atom is -0.336 e. The Hall–Kier alpha value is -2.08. The Morgan fingerprint density at radius 2 is 2.05 bits per heavy atom. The fourth-order valence-electron chi connectivity index (χ4n) is 1.60. The molecular formula is C14H16N4OS. The maximum Gasteiger partial charge on any atom is 0.214 e. The molecule has 0 aliphatic heterocycles. The normalized spacial score (nSPS) is 11.1. The molecule has 0 spiro atoms. The Labute approximate surface area is 121 Å². The maximum absolute atomic E-state index is 11.9. The summed E-state index contributed by atoms with van der Waals surface area (Å²) < 4.78 is 1.44. The summed E-state index contributed by atoms with van der Waals surface area (Å²) in [6, 6.07) is 7.46. The highest BCUT2D eigenvalue weighted by Crippen LogP contribution is 2.16. The number of allylic oxidation sites excluding steroid dienone is 1. The summed E-state index contributed by atoms with van der Waals surface area (Å²) >= 11 is 1.27. The lowest BCUT2D eigenvalue weighted by Gasteiger charge is -1.99. The quantitative estimate of drug-likeness (QED) is 0.396. The zero-order chi connectivity index (χ0) is 14.5. The second-order valence-electron chi connectivity index (χ2n) is 4.27. The number of ketones is 1. The molecule has 2 aromatic rings. The molecule has 0 aliphatic rings. The van der Waals surface area contributed by atoms with Crippen molar-refractivity contribution in [3.05, 3.63) is 52.7 Å². The molecule has 20 heavy (non-hydrogen) atoms. The summed E-state index contributed by atoms with van der Waals surface area (Å²) in [5.41, 5.74) is 1.79. The fourth-order valence-corrected chi connectivity index (χ4v) is 2.22. The van der Waals surface area contributed by atoms with Gasteiger partial charge in [0.15, 0.2) is 11.6 Å². The molecule has 0 bridgehead atoms. The number of nitrogen functional groups attached to an aromatic ring is 1. The van der Waals surface area contributed by atoms with Crippen molar-refractivity contribution < 1.29 is 4.79 Å². The van der Waals surface area contributed by atoms with E-state index in [1.807, 2.05) is 38.1 Å². The third kappa shape index (κ3) is 3.27. The van der Waals surface area contributed by atoms with Crippen LogP contribution in [-0.2, 0) is 6.42 Å². The number of nitrogens with two attached hydrogens (primary N) is 1. The van der Waals surface area contributed by atoms with Gasteiger partial charge in [-0.25, -0.2) is 4.68 Å². The van der Waals surface area contributed by atoms with E-state index in [1.165, 1.54) is 22.5 Å². The van der Waals surface area contributed by atoms with E-state index in [-0.39, 0.29) is 5.78 Å². The number of carbonyl (C=O) groups is 1. The van der Waals surface area contributed by atoms with Crippen LogP contribution < -0.4 is 5.84 Å². The van der Waals surface area contributed by atoms with Gasteiger partial charge in [-0.3, -0.25) is 4.79 Å². The summed E-state index contributed by atoms with van der Waals surface area (Å²) in [5, 5.41) is 10.1.